The van der Waals surface area contributed by atoms with Gasteiger partial charge in [0.1, 0.15) is 0 Å². The van der Waals surface area contributed by atoms with Crippen molar-refractivity contribution in [1.29, 1.82) is 0 Å². The van der Waals surface area contributed by atoms with E-state index in [-0.39, 0.29) is 0 Å². The van der Waals surface area contributed by atoms with E-state index in [0.29, 0.717) is 16.9 Å². The van der Waals surface area contributed by atoms with Gasteiger partial charge in [0.25, 0.3) is 0 Å². The zero-order valence-electron chi connectivity index (χ0n) is 10.1. The summed E-state index contributed by atoms with van der Waals surface area (Å²) in [5.41, 5.74) is 0.414. The highest BCUT2D eigenvalue weighted by atomic mass is 32.2. The molecule has 92 valence electrons. The van der Waals surface area contributed by atoms with Crippen molar-refractivity contribution in [3.8, 4) is 0 Å². The summed E-state index contributed by atoms with van der Waals surface area (Å²) in [6.45, 7) is 3.27. The van der Waals surface area contributed by atoms with E-state index in [9.17, 15) is 4.79 Å². The van der Waals surface area contributed by atoms with Crippen molar-refractivity contribution in [2.24, 2.45) is 0 Å². The van der Waals surface area contributed by atoms with E-state index >= 15 is 0 Å². The average molecular weight is 243 g/mol. The molecule has 0 aromatic heterocycles. The lowest BCUT2D eigenvalue weighted by Crippen LogP contribution is -2.35. The van der Waals surface area contributed by atoms with Crippen LogP contribution in [0.15, 0.2) is 11.6 Å². The quantitative estimate of drug-likeness (QED) is 0.555. The number of hydrogen-bond donors (Lipinski definition) is 2. The van der Waals surface area contributed by atoms with E-state index in [0.717, 1.165) is 6.54 Å². The summed E-state index contributed by atoms with van der Waals surface area (Å²) in [4.78, 5) is 10.6. The summed E-state index contributed by atoms with van der Waals surface area (Å²) in [6.07, 6.45) is 9.13. The number of thioether (sulfide) groups is 1. The fourth-order valence-corrected chi connectivity index (χ4v) is 3.03. The highest BCUT2D eigenvalue weighted by Crippen LogP contribution is 2.39. The van der Waals surface area contributed by atoms with Crippen molar-refractivity contribution in [3.05, 3.63) is 11.6 Å². The second kappa shape index (κ2) is 6.30. The number of carboxylic acids is 1. The summed E-state index contributed by atoms with van der Waals surface area (Å²) in [6, 6.07) is 0. The van der Waals surface area contributed by atoms with Crippen LogP contribution in [-0.4, -0.2) is 35.2 Å². The molecule has 0 amide bonds. The molecule has 1 saturated carbocycles. The lowest BCUT2D eigenvalue weighted by atomic mass is 10.1. The van der Waals surface area contributed by atoms with Gasteiger partial charge >= 0.3 is 5.97 Å². The minimum absolute atomic E-state index is 0.394. The number of carboxylic acid groups (broad SMARTS) is 1. The molecule has 0 spiro atoms. The maximum Gasteiger partial charge on any atom is 0.330 e. The molecule has 2 N–H and O–H groups in total. The van der Waals surface area contributed by atoms with Crippen LogP contribution in [0.2, 0.25) is 0 Å². The van der Waals surface area contributed by atoms with Crippen LogP contribution in [-0.2, 0) is 4.79 Å². The fourth-order valence-electron chi connectivity index (χ4n) is 2.08. The molecular formula is C12H21NO2S. The smallest absolute Gasteiger partial charge is 0.330 e. The van der Waals surface area contributed by atoms with E-state index in [1.54, 1.807) is 13.0 Å². The maximum absolute atomic E-state index is 10.6. The Morgan fingerprint density at radius 3 is 2.62 bits per heavy atom. The largest absolute Gasteiger partial charge is 0.478 e. The molecule has 1 fully saturated rings. The number of nitrogens with one attached hydrogen (secondary N) is 1. The van der Waals surface area contributed by atoms with Crippen molar-refractivity contribution in [2.45, 2.75) is 37.4 Å². The first-order valence-corrected chi connectivity index (χ1v) is 6.98. The molecule has 1 aliphatic carbocycles. The van der Waals surface area contributed by atoms with Crippen LogP contribution < -0.4 is 5.32 Å². The van der Waals surface area contributed by atoms with Crippen molar-refractivity contribution in [3.63, 3.8) is 0 Å². The Kier molecular flexibility index (Phi) is 5.35. The predicted octanol–water partition coefficient (Wildman–Crippen LogP) is 2.28. The van der Waals surface area contributed by atoms with Gasteiger partial charge in [-0.15, -0.1) is 0 Å². The average Bonchev–Trinajstić information content (AvgIpc) is 2.73. The monoisotopic (exact) mass is 243 g/mol. The van der Waals surface area contributed by atoms with Gasteiger partial charge in [-0.1, -0.05) is 18.9 Å². The Morgan fingerprint density at radius 1 is 1.50 bits per heavy atom. The van der Waals surface area contributed by atoms with Gasteiger partial charge < -0.3 is 10.4 Å². The van der Waals surface area contributed by atoms with Crippen molar-refractivity contribution in [2.75, 3.05) is 19.3 Å². The zero-order chi connectivity index (χ0) is 12.0. The van der Waals surface area contributed by atoms with E-state index in [1.165, 1.54) is 25.7 Å². The standard InChI is InChI=1S/C12H21NO2S/c1-10(11(14)15)5-8-13-9-12(16-2)6-3-4-7-12/h5,13H,3-4,6-9H2,1-2H3,(H,14,15)/b10-5-. The molecule has 1 aliphatic rings. The Labute approximate surface area is 102 Å². The van der Waals surface area contributed by atoms with Gasteiger partial charge in [0.05, 0.1) is 0 Å². The van der Waals surface area contributed by atoms with E-state index < -0.39 is 5.97 Å². The summed E-state index contributed by atoms with van der Waals surface area (Å²) >= 11 is 1.95. The van der Waals surface area contributed by atoms with Crippen molar-refractivity contribution in [1.82, 2.24) is 5.32 Å². The van der Waals surface area contributed by atoms with Crippen LogP contribution in [0.5, 0.6) is 0 Å². The topological polar surface area (TPSA) is 49.3 Å². The third-order valence-corrected chi connectivity index (χ3v) is 4.70. The summed E-state index contributed by atoms with van der Waals surface area (Å²) < 4.78 is 0.394. The molecule has 0 unspecified atom stereocenters. The van der Waals surface area contributed by atoms with Gasteiger partial charge in [0.15, 0.2) is 0 Å². The molecule has 0 saturated heterocycles. The molecule has 0 aliphatic heterocycles. The molecule has 0 aromatic carbocycles. The lowest BCUT2D eigenvalue weighted by molar-refractivity contribution is -0.132. The molecule has 1 rings (SSSR count). The Balaban J connectivity index is 2.29. The molecule has 0 atom stereocenters. The molecule has 0 aromatic rings. The minimum Gasteiger partial charge on any atom is -0.478 e. The third-order valence-electron chi connectivity index (χ3n) is 3.28. The lowest BCUT2D eigenvalue weighted by Gasteiger charge is -2.26. The highest BCUT2D eigenvalue weighted by molar-refractivity contribution is 8.00. The molecule has 4 heteroatoms. The van der Waals surface area contributed by atoms with Crippen molar-refractivity contribution >= 4 is 17.7 Å². The van der Waals surface area contributed by atoms with Crippen molar-refractivity contribution < 1.29 is 9.90 Å². The summed E-state index contributed by atoms with van der Waals surface area (Å²) in [5, 5.41) is 12.0. The van der Waals surface area contributed by atoms with Gasteiger partial charge in [-0.25, -0.2) is 4.79 Å². The predicted molar refractivity (Wildman–Crippen MR) is 69.0 cm³/mol. The van der Waals surface area contributed by atoms with Crippen LogP contribution in [0.1, 0.15) is 32.6 Å². The van der Waals surface area contributed by atoms with E-state index in [2.05, 4.69) is 11.6 Å². The van der Waals surface area contributed by atoms with Gasteiger partial charge in [0, 0.05) is 23.4 Å². The van der Waals surface area contributed by atoms with Gasteiger partial charge in [-0.05, 0) is 26.0 Å². The molecule has 0 radical (unpaired) electrons. The van der Waals surface area contributed by atoms with Crippen LogP contribution in [0.4, 0.5) is 0 Å². The number of carbonyl (C=O) groups is 1. The summed E-state index contributed by atoms with van der Waals surface area (Å²) in [5.74, 6) is -0.831. The van der Waals surface area contributed by atoms with Crippen LogP contribution in [0.25, 0.3) is 0 Å². The second-order valence-electron chi connectivity index (χ2n) is 4.42. The first-order valence-electron chi connectivity index (χ1n) is 5.75. The number of hydrogen-bond acceptors (Lipinski definition) is 3. The summed E-state index contributed by atoms with van der Waals surface area (Å²) in [7, 11) is 0. The zero-order valence-corrected chi connectivity index (χ0v) is 10.9. The minimum atomic E-state index is -0.831. The van der Waals surface area contributed by atoms with Gasteiger partial charge in [-0.3, -0.25) is 0 Å². The number of rotatable bonds is 6. The second-order valence-corrected chi connectivity index (χ2v) is 5.69. The first kappa shape index (κ1) is 13.6. The molecule has 3 nitrogen and oxygen atoms in total. The van der Waals surface area contributed by atoms with Crippen LogP contribution in [0.3, 0.4) is 0 Å². The molecular weight excluding hydrogens is 222 g/mol. The Bertz CT molecular complexity index is 270. The SMILES string of the molecule is CSC1(CNC/C=C(/C)C(=O)O)CCCC1. The highest BCUT2D eigenvalue weighted by Gasteiger charge is 2.32. The Hall–Kier alpha value is -0.480. The molecule has 16 heavy (non-hydrogen) atoms. The van der Waals surface area contributed by atoms with Crippen LogP contribution >= 0.6 is 11.8 Å². The van der Waals surface area contributed by atoms with Gasteiger partial charge in [0.2, 0.25) is 0 Å². The normalized spacial score (nSPS) is 20.0. The Morgan fingerprint density at radius 2 is 2.12 bits per heavy atom. The fraction of sp³-hybridized carbons (Fsp3) is 0.750. The maximum atomic E-state index is 10.6. The van der Waals surface area contributed by atoms with Gasteiger partial charge in [-0.2, -0.15) is 11.8 Å². The molecule has 0 heterocycles. The van der Waals surface area contributed by atoms with Crippen LogP contribution in [0, 0.1) is 0 Å². The third kappa shape index (κ3) is 3.83. The first-order chi connectivity index (χ1) is 7.59. The number of aliphatic carboxylic acids is 1. The van der Waals surface area contributed by atoms with E-state index in [1.807, 2.05) is 11.8 Å². The molecule has 0 bridgehead atoms. The van der Waals surface area contributed by atoms with E-state index in [4.69, 9.17) is 5.11 Å².